The van der Waals surface area contributed by atoms with Crippen LogP contribution in [0.15, 0.2) is 60.7 Å². The van der Waals surface area contributed by atoms with Gasteiger partial charge in [0.25, 0.3) is 0 Å². The van der Waals surface area contributed by atoms with Gasteiger partial charge in [-0.15, -0.1) is 0 Å². The standard InChI is InChI=1S/C26H21Cl2F3O3/c1-14(2)7-23(25(33)34)17-8-16(15-3-5-20(6-4-15)26(29,30)31)9-18(10-17)24(32)19-11-21(27)13-22(28)12-19/h3-6,8-14,23H,7H2,1-2H3,(H,33,34)/p+1. The van der Waals surface area contributed by atoms with E-state index >= 15 is 0 Å². The first-order valence-electron chi connectivity index (χ1n) is 10.4. The van der Waals surface area contributed by atoms with Crippen LogP contribution >= 0.6 is 23.2 Å². The molecule has 0 fully saturated rings. The van der Waals surface area contributed by atoms with Crippen LogP contribution in [-0.2, 0) is 11.0 Å². The van der Waals surface area contributed by atoms with Crippen molar-refractivity contribution in [2.45, 2.75) is 32.4 Å². The summed E-state index contributed by atoms with van der Waals surface area (Å²) < 4.78 is 39.0. The van der Waals surface area contributed by atoms with E-state index in [9.17, 15) is 22.8 Å². The van der Waals surface area contributed by atoms with Gasteiger partial charge in [0, 0.05) is 26.0 Å². The van der Waals surface area contributed by atoms with Crippen LogP contribution in [0.1, 0.15) is 53.2 Å². The highest BCUT2D eigenvalue weighted by molar-refractivity contribution is 6.35. The SMILES string of the molecule is CC(C)CC(C(=O)[OH2+])c1cc(C(=O)c2cc(Cl)cc(Cl)c2)cc(-c2ccc(C(F)(F)F)cc2)c1. The van der Waals surface area contributed by atoms with E-state index in [4.69, 9.17) is 28.3 Å². The second-order valence-electron chi connectivity index (χ2n) is 8.45. The average molecular weight is 510 g/mol. The van der Waals surface area contributed by atoms with Gasteiger partial charge >= 0.3 is 12.1 Å². The fraction of sp³-hybridized carbons (Fsp3) is 0.231. The van der Waals surface area contributed by atoms with Gasteiger partial charge in [-0.05, 0) is 71.5 Å². The highest BCUT2D eigenvalue weighted by Gasteiger charge is 2.31. The third-order valence-electron chi connectivity index (χ3n) is 5.31. The molecule has 3 nitrogen and oxygen atoms in total. The molecule has 0 radical (unpaired) electrons. The zero-order valence-electron chi connectivity index (χ0n) is 18.3. The number of halogens is 5. The lowest BCUT2D eigenvalue weighted by Crippen LogP contribution is -2.15. The summed E-state index contributed by atoms with van der Waals surface area (Å²) in [4.78, 5) is 25.4. The van der Waals surface area contributed by atoms with Crippen LogP contribution in [-0.4, -0.2) is 16.9 Å². The summed E-state index contributed by atoms with van der Waals surface area (Å²) in [5.41, 5.74) is 0.983. The summed E-state index contributed by atoms with van der Waals surface area (Å²) >= 11 is 12.1. The molecule has 178 valence electrons. The molecule has 0 aromatic heterocycles. The van der Waals surface area contributed by atoms with Crippen LogP contribution in [0.4, 0.5) is 13.2 Å². The number of benzene rings is 3. The number of alkyl halides is 3. The molecule has 3 aromatic carbocycles. The number of rotatable bonds is 7. The highest BCUT2D eigenvalue weighted by Crippen LogP contribution is 2.34. The molecule has 0 saturated heterocycles. The van der Waals surface area contributed by atoms with E-state index in [0.29, 0.717) is 23.1 Å². The van der Waals surface area contributed by atoms with Gasteiger partial charge in [0.1, 0.15) is 5.92 Å². The van der Waals surface area contributed by atoms with E-state index in [1.807, 2.05) is 13.8 Å². The van der Waals surface area contributed by atoms with Gasteiger partial charge < -0.3 is 5.11 Å². The van der Waals surface area contributed by atoms with E-state index in [1.165, 1.54) is 30.3 Å². The summed E-state index contributed by atoms with van der Waals surface area (Å²) in [5.74, 6) is -1.91. The van der Waals surface area contributed by atoms with E-state index < -0.39 is 29.4 Å². The molecule has 0 saturated carbocycles. The van der Waals surface area contributed by atoms with Gasteiger partial charge in [-0.1, -0.05) is 55.2 Å². The van der Waals surface area contributed by atoms with E-state index in [0.717, 1.165) is 12.1 Å². The maximum atomic E-state index is 13.3. The summed E-state index contributed by atoms with van der Waals surface area (Å²) in [7, 11) is 0. The molecule has 0 spiro atoms. The quantitative estimate of drug-likeness (QED) is 0.248. The molecule has 0 bridgehead atoms. The molecule has 0 aliphatic carbocycles. The Morgan fingerprint density at radius 1 is 0.853 bits per heavy atom. The normalized spacial score (nSPS) is 12.6. The molecular formula is C26H22Cl2F3O3+. The third-order valence-corrected chi connectivity index (χ3v) is 5.75. The Morgan fingerprint density at radius 3 is 1.91 bits per heavy atom. The van der Waals surface area contributed by atoms with E-state index in [1.54, 1.807) is 18.2 Å². The van der Waals surface area contributed by atoms with Gasteiger partial charge in [-0.3, -0.25) is 4.79 Å². The Balaban J connectivity index is 2.17. The molecular weight excluding hydrogens is 488 g/mol. The van der Waals surface area contributed by atoms with E-state index in [2.05, 4.69) is 0 Å². The maximum absolute atomic E-state index is 13.3. The molecule has 1 unspecified atom stereocenters. The molecule has 1 atom stereocenters. The molecule has 3 aromatic rings. The average Bonchev–Trinajstić information content (AvgIpc) is 2.75. The van der Waals surface area contributed by atoms with Gasteiger partial charge in [0.05, 0.1) is 5.56 Å². The lowest BCUT2D eigenvalue weighted by atomic mass is 9.86. The second kappa shape index (κ2) is 10.2. The zero-order valence-corrected chi connectivity index (χ0v) is 19.9. The van der Waals surface area contributed by atoms with Crippen LogP contribution in [0.25, 0.3) is 11.1 Å². The Hall–Kier alpha value is -2.83. The van der Waals surface area contributed by atoms with Gasteiger partial charge in [-0.25, -0.2) is 0 Å². The highest BCUT2D eigenvalue weighted by atomic mass is 35.5. The van der Waals surface area contributed by atoms with Crippen molar-refractivity contribution in [1.29, 1.82) is 0 Å². The Kier molecular flexibility index (Phi) is 7.74. The van der Waals surface area contributed by atoms with Crippen LogP contribution in [0.3, 0.4) is 0 Å². The van der Waals surface area contributed by atoms with Crippen molar-refractivity contribution in [3.05, 3.63) is 93.0 Å². The van der Waals surface area contributed by atoms with Crippen LogP contribution < -0.4 is 0 Å². The van der Waals surface area contributed by atoms with Crippen molar-refractivity contribution >= 4 is 35.0 Å². The third kappa shape index (κ3) is 6.19. The number of ketones is 1. The summed E-state index contributed by atoms with van der Waals surface area (Å²) in [6, 6.07) is 13.7. The van der Waals surface area contributed by atoms with Gasteiger partial charge in [-0.2, -0.15) is 13.2 Å². The molecule has 2 N–H and O–H groups in total. The summed E-state index contributed by atoms with van der Waals surface area (Å²) in [6.07, 6.45) is -4.09. The summed E-state index contributed by atoms with van der Waals surface area (Å²) in [6.45, 7) is 3.82. The smallest absolute Gasteiger partial charge is 0.523 e. The van der Waals surface area contributed by atoms with Crippen molar-refractivity contribution in [3.8, 4) is 11.1 Å². The molecule has 8 heteroatoms. The Labute approximate surface area is 205 Å². The molecule has 0 aliphatic rings. The largest absolute Gasteiger partial charge is 0.564 e. The second-order valence-corrected chi connectivity index (χ2v) is 9.33. The number of carbonyl (C=O) groups excluding carboxylic acids is 2. The molecule has 0 amide bonds. The summed E-state index contributed by atoms with van der Waals surface area (Å²) in [5, 5.41) is 8.30. The van der Waals surface area contributed by atoms with Crippen molar-refractivity contribution in [2.24, 2.45) is 5.92 Å². The first-order valence-corrected chi connectivity index (χ1v) is 11.2. The fourth-order valence-corrected chi connectivity index (χ4v) is 4.25. The van der Waals surface area contributed by atoms with Crippen molar-refractivity contribution in [1.82, 2.24) is 0 Å². The molecule has 0 heterocycles. The Morgan fingerprint density at radius 2 is 1.41 bits per heavy atom. The first-order chi connectivity index (χ1) is 15.8. The number of carbonyl (C=O) groups is 2. The van der Waals surface area contributed by atoms with Crippen molar-refractivity contribution in [2.75, 3.05) is 0 Å². The van der Waals surface area contributed by atoms with Crippen molar-refractivity contribution < 1.29 is 27.9 Å². The molecule has 34 heavy (non-hydrogen) atoms. The van der Waals surface area contributed by atoms with E-state index in [-0.39, 0.29) is 27.1 Å². The van der Waals surface area contributed by atoms with Crippen LogP contribution in [0.5, 0.6) is 0 Å². The zero-order chi connectivity index (χ0) is 25.2. The topological polar surface area (TPSA) is 57.0 Å². The predicted molar refractivity (Wildman–Crippen MR) is 128 cm³/mol. The van der Waals surface area contributed by atoms with Gasteiger partial charge in [0.15, 0.2) is 5.78 Å². The van der Waals surface area contributed by atoms with Crippen LogP contribution in [0.2, 0.25) is 10.0 Å². The first kappa shape index (κ1) is 25.8. The minimum Gasteiger partial charge on any atom is -0.564 e. The predicted octanol–water partition coefficient (Wildman–Crippen LogP) is 7.29. The minimum absolute atomic E-state index is 0.0971. The fourth-order valence-electron chi connectivity index (χ4n) is 3.72. The van der Waals surface area contributed by atoms with Gasteiger partial charge in [0.2, 0.25) is 0 Å². The van der Waals surface area contributed by atoms with Crippen molar-refractivity contribution in [3.63, 3.8) is 0 Å². The Bertz CT molecular complexity index is 1200. The minimum atomic E-state index is -4.48. The monoisotopic (exact) mass is 509 g/mol. The number of hydrogen-bond acceptors (Lipinski definition) is 2. The lowest BCUT2D eigenvalue weighted by molar-refractivity contribution is -0.139. The maximum Gasteiger partial charge on any atom is 0.523 e. The molecule has 0 aliphatic heterocycles. The van der Waals surface area contributed by atoms with Crippen LogP contribution in [0, 0.1) is 5.92 Å². The number of hydrogen-bond donors (Lipinski definition) is 0. The molecule has 3 rings (SSSR count). The lowest BCUT2D eigenvalue weighted by Gasteiger charge is -2.16.